The Kier molecular flexibility index (Phi) is 2.65. The first-order chi connectivity index (χ1) is 7.58. The van der Waals surface area contributed by atoms with Crippen LogP contribution in [0.1, 0.15) is 16.7 Å². The van der Waals surface area contributed by atoms with Crippen molar-refractivity contribution >= 4 is 0 Å². The van der Waals surface area contributed by atoms with Gasteiger partial charge in [-0.05, 0) is 38.0 Å². The normalized spacial score (nSPS) is 10.4. The van der Waals surface area contributed by atoms with Crippen LogP contribution in [0.4, 0.5) is 0 Å². The molecule has 0 unspecified atom stereocenters. The highest BCUT2D eigenvalue weighted by molar-refractivity contribution is 5.67. The maximum absolute atomic E-state index is 11.3. The fraction of sp³-hybridized carbons (Fsp3) is 0.214. The zero-order valence-electron chi connectivity index (χ0n) is 9.79. The summed E-state index contributed by atoms with van der Waals surface area (Å²) in [5, 5.41) is 0. The van der Waals surface area contributed by atoms with Crippen LogP contribution < -0.4 is 5.56 Å². The highest BCUT2D eigenvalue weighted by atomic mass is 16.1. The molecule has 0 radical (unpaired) electrons. The summed E-state index contributed by atoms with van der Waals surface area (Å²) in [7, 11) is 0. The van der Waals surface area contributed by atoms with E-state index in [1.165, 1.54) is 22.8 Å². The molecule has 0 spiro atoms. The Morgan fingerprint density at radius 3 is 2.19 bits per heavy atom. The van der Waals surface area contributed by atoms with Gasteiger partial charge in [0.25, 0.3) is 0 Å². The van der Waals surface area contributed by atoms with E-state index < -0.39 is 0 Å². The van der Waals surface area contributed by atoms with E-state index in [-0.39, 0.29) is 5.56 Å². The lowest BCUT2D eigenvalue weighted by Gasteiger charge is -2.10. The van der Waals surface area contributed by atoms with E-state index in [0.29, 0.717) is 0 Å². The molecule has 0 aliphatic rings. The van der Waals surface area contributed by atoms with Crippen molar-refractivity contribution in [2.75, 3.05) is 0 Å². The minimum absolute atomic E-state index is 0.0584. The maximum atomic E-state index is 11.3. The highest BCUT2D eigenvalue weighted by Crippen LogP contribution is 2.25. The molecule has 2 rings (SSSR count). The SMILES string of the molecule is Cc1cc(C)c(-c2cccc(=O)[nH]2)c(C)c1. The van der Waals surface area contributed by atoms with Gasteiger partial charge in [-0.1, -0.05) is 23.8 Å². The fourth-order valence-electron chi connectivity index (χ4n) is 2.20. The number of aromatic amines is 1. The molecule has 0 atom stereocenters. The summed E-state index contributed by atoms with van der Waals surface area (Å²) >= 11 is 0. The number of aromatic nitrogens is 1. The molecule has 82 valence electrons. The molecule has 1 heterocycles. The maximum Gasteiger partial charge on any atom is 0.248 e. The number of aryl methyl sites for hydroxylation is 3. The van der Waals surface area contributed by atoms with Crippen LogP contribution in [0.25, 0.3) is 11.3 Å². The van der Waals surface area contributed by atoms with Crippen LogP contribution in [0, 0.1) is 20.8 Å². The van der Waals surface area contributed by atoms with Crippen molar-refractivity contribution in [3.05, 3.63) is 57.4 Å². The third-order valence-corrected chi connectivity index (χ3v) is 2.71. The van der Waals surface area contributed by atoms with Gasteiger partial charge in [0.2, 0.25) is 5.56 Å². The molecule has 2 aromatic rings. The monoisotopic (exact) mass is 213 g/mol. The van der Waals surface area contributed by atoms with Crippen LogP contribution in [0.2, 0.25) is 0 Å². The predicted octanol–water partition coefficient (Wildman–Crippen LogP) is 2.97. The topological polar surface area (TPSA) is 32.9 Å². The number of hydrogen-bond donors (Lipinski definition) is 1. The average molecular weight is 213 g/mol. The lowest BCUT2D eigenvalue weighted by Crippen LogP contribution is -2.05. The summed E-state index contributed by atoms with van der Waals surface area (Å²) in [6.45, 7) is 6.22. The van der Waals surface area contributed by atoms with E-state index in [1.807, 2.05) is 6.07 Å². The zero-order chi connectivity index (χ0) is 11.7. The summed E-state index contributed by atoms with van der Waals surface area (Å²) in [4.78, 5) is 14.2. The van der Waals surface area contributed by atoms with Crippen molar-refractivity contribution in [1.29, 1.82) is 0 Å². The van der Waals surface area contributed by atoms with Gasteiger partial charge in [-0.15, -0.1) is 0 Å². The first-order valence-electron chi connectivity index (χ1n) is 5.35. The van der Waals surface area contributed by atoms with Crippen LogP contribution in [0.5, 0.6) is 0 Å². The number of nitrogens with one attached hydrogen (secondary N) is 1. The molecule has 2 heteroatoms. The smallest absolute Gasteiger partial charge is 0.248 e. The second kappa shape index (κ2) is 3.97. The molecule has 16 heavy (non-hydrogen) atoms. The number of benzene rings is 1. The van der Waals surface area contributed by atoms with Gasteiger partial charge >= 0.3 is 0 Å². The molecule has 1 aromatic heterocycles. The molecular formula is C14H15NO. The van der Waals surface area contributed by atoms with E-state index in [4.69, 9.17) is 0 Å². The van der Waals surface area contributed by atoms with Gasteiger partial charge in [-0.3, -0.25) is 4.79 Å². The predicted molar refractivity (Wildman–Crippen MR) is 66.7 cm³/mol. The van der Waals surface area contributed by atoms with Crippen molar-refractivity contribution in [2.24, 2.45) is 0 Å². The molecule has 0 saturated heterocycles. The third-order valence-electron chi connectivity index (χ3n) is 2.71. The molecule has 0 aliphatic carbocycles. The quantitative estimate of drug-likeness (QED) is 0.776. The largest absolute Gasteiger partial charge is 0.322 e. The Morgan fingerprint density at radius 1 is 1.00 bits per heavy atom. The van der Waals surface area contributed by atoms with Crippen LogP contribution in [-0.2, 0) is 0 Å². The summed E-state index contributed by atoms with van der Waals surface area (Å²) in [6.07, 6.45) is 0. The Balaban J connectivity index is 2.69. The Bertz CT molecular complexity index is 558. The van der Waals surface area contributed by atoms with Crippen LogP contribution in [0.15, 0.2) is 35.1 Å². The van der Waals surface area contributed by atoms with Gasteiger partial charge < -0.3 is 4.98 Å². The van der Waals surface area contributed by atoms with E-state index in [2.05, 4.69) is 37.9 Å². The van der Waals surface area contributed by atoms with Gasteiger partial charge in [0, 0.05) is 17.3 Å². The summed E-state index contributed by atoms with van der Waals surface area (Å²) < 4.78 is 0. The number of rotatable bonds is 1. The molecule has 1 N–H and O–H groups in total. The number of hydrogen-bond acceptors (Lipinski definition) is 1. The second-order valence-electron chi connectivity index (χ2n) is 4.20. The molecule has 0 saturated carbocycles. The first kappa shape index (κ1) is 10.7. The molecule has 0 bridgehead atoms. The summed E-state index contributed by atoms with van der Waals surface area (Å²) in [5.41, 5.74) is 5.60. The summed E-state index contributed by atoms with van der Waals surface area (Å²) in [5.74, 6) is 0. The standard InChI is InChI=1S/C14H15NO/c1-9-7-10(2)14(11(3)8-9)12-5-4-6-13(16)15-12/h4-8H,1-3H3,(H,15,16). The van der Waals surface area contributed by atoms with Crippen molar-refractivity contribution in [1.82, 2.24) is 4.98 Å². The van der Waals surface area contributed by atoms with E-state index in [1.54, 1.807) is 6.07 Å². The van der Waals surface area contributed by atoms with E-state index >= 15 is 0 Å². The van der Waals surface area contributed by atoms with Crippen molar-refractivity contribution in [2.45, 2.75) is 20.8 Å². The Labute approximate surface area is 95.0 Å². The van der Waals surface area contributed by atoms with Gasteiger partial charge in [0.05, 0.1) is 0 Å². The third kappa shape index (κ3) is 1.91. The van der Waals surface area contributed by atoms with Gasteiger partial charge in [-0.2, -0.15) is 0 Å². The van der Waals surface area contributed by atoms with Crippen molar-refractivity contribution < 1.29 is 0 Å². The van der Waals surface area contributed by atoms with Crippen LogP contribution in [-0.4, -0.2) is 4.98 Å². The van der Waals surface area contributed by atoms with Gasteiger partial charge in [-0.25, -0.2) is 0 Å². The highest BCUT2D eigenvalue weighted by Gasteiger charge is 2.06. The lowest BCUT2D eigenvalue weighted by molar-refractivity contribution is 1.21. The van der Waals surface area contributed by atoms with E-state index in [0.717, 1.165) is 11.3 Å². The van der Waals surface area contributed by atoms with Crippen molar-refractivity contribution in [3.63, 3.8) is 0 Å². The molecule has 0 amide bonds. The lowest BCUT2D eigenvalue weighted by atomic mass is 9.97. The summed E-state index contributed by atoms with van der Waals surface area (Å²) in [6, 6.07) is 9.52. The molecular weight excluding hydrogens is 198 g/mol. The molecule has 0 aliphatic heterocycles. The molecule has 1 aromatic carbocycles. The van der Waals surface area contributed by atoms with E-state index in [9.17, 15) is 4.79 Å². The van der Waals surface area contributed by atoms with Crippen molar-refractivity contribution in [3.8, 4) is 11.3 Å². The fourth-order valence-corrected chi connectivity index (χ4v) is 2.20. The molecule has 2 nitrogen and oxygen atoms in total. The number of H-pyrrole nitrogens is 1. The van der Waals surface area contributed by atoms with Gasteiger partial charge in [0.15, 0.2) is 0 Å². The Morgan fingerprint density at radius 2 is 1.62 bits per heavy atom. The molecule has 0 fully saturated rings. The van der Waals surface area contributed by atoms with Gasteiger partial charge in [0.1, 0.15) is 0 Å². The Hall–Kier alpha value is -1.83. The minimum atomic E-state index is -0.0584. The minimum Gasteiger partial charge on any atom is -0.322 e. The zero-order valence-corrected chi connectivity index (χ0v) is 9.79. The average Bonchev–Trinajstić information content (AvgIpc) is 2.15. The second-order valence-corrected chi connectivity index (χ2v) is 4.20. The van der Waals surface area contributed by atoms with Crippen LogP contribution in [0.3, 0.4) is 0 Å². The number of pyridine rings is 1. The first-order valence-corrected chi connectivity index (χ1v) is 5.35. The van der Waals surface area contributed by atoms with Crippen LogP contribution >= 0.6 is 0 Å².